The summed E-state index contributed by atoms with van der Waals surface area (Å²) in [6, 6.07) is 6.42. The summed E-state index contributed by atoms with van der Waals surface area (Å²) in [5.41, 5.74) is 1.98. The third kappa shape index (κ3) is 4.54. The monoisotopic (exact) mass is 436 g/mol. The lowest BCUT2D eigenvalue weighted by molar-refractivity contribution is -0.126. The Morgan fingerprint density at radius 2 is 2.10 bits per heavy atom. The molecule has 1 aromatic carbocycles. The Morgan fingerprint density at radius 1 is 1.38 bits per heavy atom. The van der Waals surface area contributed by atoms with Gasteiger partial charge in [0.1, 0.15) is 5.76 Å². The standard InChI is InChI=1S/C19H24N4O4S2/c1-12-11-23(18(24)10-17-13(2)21-27-14(17)3)19(28-12)20-15-7-6-8-16(9-15)29(25,26)22(4)5/h6-9,12H,10-11H2,1-5H3. The topological polar surface area (TPSA) is 96.1 Å². The van der Waals surface area contributed by atoms with Gasteiger partial charge in [-0.05, 0) is 32.0 Å². The molecule has 10 heteroatoms. The van der Waals surface area contributed by atoms with Crippen LogP contribution in [0.15, 0.2) is 38.7 Å². The van der Waals surface area contributed by atoms with E-state index in [1.807, 2.05) is 13.8 Å². The Bertz CT molecular complexity index is 1040. The molecule has 1 aliphatic rings. The maximum Gasteiger partial charge on any atom is 0.242 e. The molecular formula is C19H24N4O4S2. The van der Waals surface area contributed by atoms with Crippen LogP contribution in [-0.4, -0.2) is 59.7 Å². The van der Waals surface area contributed by atoms with Crippen molar-refractivity contribution in [3.8, 4) is 0 Å². The summed E-state index contributed by atoms with van der Waals surface area (Å²) in [6.45, 7) is 6.17. The molecular weight excluding hydrogens is 412 g/mol. The summed E-state index contributed by atoms with van der Waals surface area (Å²) in [4.78, 5) is 19.3. The van der Waals surface area contributed by atoms with Gasteiger partial charge < -0.3 is 4.52 Å². The lowest BCUT2D eigenvalue weighted by Crippen LogP contribution is -2.34. The highest BCUT2D eigenvalue weighted by Gasteiger charge is 2.31. The first-order valence-corrected chi connectivity index (χ1v) is 11.4. The Labute approximate surface area is 175 Å². The quantitative estimate of drug-likeness (QED) is 0.715. The van der Waals surface area contributed by atoms with Crippen LogP contribution in [0.3, 0.4) is 0 Å². The van der Waals surface area contributed by atoms with E-state index in [-0.39, 0.29) is 22.5 Å². The molecule has 0 saturated carbocycles. The first-order valence-electron chi connectivity index (χ1n) is 9.09. The molecule has 8 nitrogen and oxygen atoms in total. The minimum absolute atomic E-state index is 0.0907. The number of aliphatic imine (C=N–C) groups is 1. The lowest BCUT2D eigenvalue weighted by atomic mass is 10.1. The van der Waals surface area contributed by atoms with Crippen LogP contribution in [0.25, 0.3) is 0 Å². The molecule has 1 amide bonds. The zero-order valence-corrected chi connectivity index (χ0v) is 18.7. The van der Waals surface area contributed by atoms with E-state index in [1.165, 1.54) is 38.0 Å². The number of amidine groups is 1. The minimum atomic E-state index is -3.56. The van der Waals surface area contributed by atoms with Gasteiger partial charge in [-0.1, -0.05) is 29.9 Å². The Balaban J connectivity index is 1.89. The van der Waals surface area contributed by atoms with Crippen molar-refractivity contribution in [3.05, 3.63) is 41.3 Å². The molecule has 1 fully saturated rings. The van der Waals surface area contributed by atoms with Gasteiger partial charge in [-0.15, -0.1) is 0 Å². The second kappa shape index (κ2) is 8.29. The van der Waals surface area contributed by atoms with Crippen LogP contribution >= 0.6 is 11.8 Å². The van der Waals surface area contributed by atoms with Crippen molar-refractivity contribution < 1.29 is 17.7 Å². The molecule has 1 aliphatic heterocycles. The smallest absolute Gasteiger partial charge is 0.242 e. The Hall–Kier alpha value is -2.17. The molecule has 0 aliphatic carbocycles. The molecule has 1 saturated heterocycles. The number of benzene rings is 1. The second-order valence-corrected chi connectivity index (χ2v) is 10.6. The molecule has 29 heavy (non-hydrogen) atoms. The Morgan fingerprint density at radius 3 is 2.72 bits per heavy atom. The molecule has 0 spiro atoms. The van der Waals surface area contributed by atoms with E-state index >= 15 is 0 Å². The Kier molecular flexibility index (Phi) is 6.16. The molecule has 2 aromatic rings. The first kappa shape index (κ1) is 21.5. The number of carbonyl (C=O) groups is 1. The van der Waals surface area contributed by atoms with E-state index < -0.39 is 10.0 Å². The zero-order valence-electron chi connectivity index (χ0n) is 17.0. The van der Waals surface area contributed by atoms with Crippen molar-refractivity contribution in [2.45, 2.75) is 37.3 Å². The van der Waals surface area contributed by atoms with Crippen LogP contribution in [-0.2, 0) is 21.2 Å². The third-order valence-corrected chi connectivity index (χ3v) is 7.49. The fourth-order valence-corrected chi connectivity index (χ4v) is 4.93. The van der Waals surface area contributed by atoms with Crippen LogP contribution in [0, 0.1) is 13.8 Å². The summed E-state index contributed by atoms with van der Waals surface area (Å²) in [6.07, 6.45) is 0.183. The van der Waals surface area contributed by atoms with Crippen molar-refractivity contribution >= 4 is 38.5 Å². The number of rotatable bonds is 5. The number of sulfonamides is 1. The van der Waals surface area contributed by atoms with Crippen LogP contribution in [0.4, 0.5) is 5.69 Å². The van der Waals surface area contributed by atoms with Gasteiger partial charge in [0, 0.05) is 31.5 Å². The number of hydrogen-bond acceptors (Lipinski definition) is 7. The number of thioether (sulfide) groups is 1. The van der Waals surface area contributed by atoms with E-state index in [0.717, 1.165) is 9.87 Å². The molecule has 156 valence electrons. The predicted molar refractivity (Wildman–Crippen MR) is 113 cm³/mol. The van der Waals surface area contributed by atoms with Gasteiger partial charge in [0.05, 0.1) is 22.7 Å². The van der Waals surface area contributed by atoms with Gasteiger partial charge in [0.15, 0.2) is 5.17 Å². The molecule has 0 bridgehead atoms. The normalized spacial score (nSPS) is 18.8. The molecule has 1 atom stereocenters. The third-order valence-electron chi connectivity index (χ3n) is 4.61. The molecule has 3 rings (SSSR count). The summed E-state index contributed by atoms with van der Waals surface area (Å²) in [5.74, 6) is 0.544. The molecule has 0 radical (unpaired) electrons. The van der Waals surface area contributed by atoms with E-state index in [4.69, 9.17) is 4.52 Å². The highest BCUT2D eigenvalue weighted by molar-refractivity contribution is 8.14. The van der Waals surface area contributed by atoms with Crippen LogP contribution in [0.2, 0.25) is 0 Å². The van der Waals surface area contributed by atoms with Crippen LogP contribution < -0.4 is 0 Å². The van der Waals surface area contributed by atoms with Gasteiger partial charge in [-0.2, -0.15) is 0 Å². The summed E-state index contributed by atoms with van der Waals surface area (Å²) in [5, 5.41) is 4.66. The SMILES string of the molecule is Cc1noc(C)c1CC(=O)N1CC(C)SC1=Nc1cccc(S(=O)(=O)N(C)C)c1. The number of carbonyl (C=O) groups excluding carboxylic acids is 1. The number of aromatic nitrogens is 1. The predicted octanol–water partition coefficient (Wildman–Crippen LogP) is 2.74. The molecule has 0 N–H and O–H groups in total. The fraction of sp³-hybridized carbons (Fsp3) is 0.421. The number of hydrogen-bond donors (Lipinski definition) is 0. The molecule has 1 aromatic heterocycles. The van der Waals surface area contributed by atoms with Gasteiger partial charge in [-0.3, -0.25) is 9.69 Å². The summed E-state index contributed by atoms with van der Waals surface area (Å²) < 4.78 is 31.1. The maximum atomic E-state index is 12.9. The average molecular weight is 437 g/mol. The van der Waals surface area contributed by atoms with E-state index in [1.54, 1.807) is 24.0 Å². The van der Waals surface area contributed by atoms with Gasteiger partial charge in [0.25, 0.3) is 0 Å². The van der Waals surface area contributed by atoms with E-state index in [0.29, 0.717) is 28.9 Å². The summed E-state index contributed by atoms with van der Waals surface area (Å²) >= 11 is 1.49. The lowest BCUT2D eigenvalue weighted by Gasteiger charge is -2.16. The second-order valence-electron chi connectivity index (χ2n) is 7.09. The number of aryl methyl sites for hydroxylation is 2. The van der Waals surface area contributed by atoms with Crippen molar-refractivity contribution in [1.29, 1.82) is 0 Å². The highest BCUT2D eigenvalue weighted by Crippen LogP contribution is 2.30. The van der Waals surface area contributed by atoms with Gasteiger partial charge >= 0.3 is 0 Å². The fourth-order valence-electron chi connectivity index (χ4n) is 2.95. The number of amides is 1. The molecule has 2 heterocycles. The molecule has 1 unspecified atom stereocenters. The van der Waals surface area contributed by atoms with Crippen LogP contribution in [0.1, 0.15) is 23.9 Å². The minimum Gasteiger partial charge on any atom is -0.361 e. The van der Waals surface area contributed by atoms with Crippen molar-refractivity contribution in [3.63, 3.8) is 0 Å². The first-order chi connectivity index (χ1) is 13.6. The maximum absolute atomic E-state index is 12.9. The van der Waals surface area contributed by atoms with Crippen molar-refractivity contribution in [2.24, 2.45) is 4.99 Å². The van der Waals surface area contributed by atoms with Gasteiger partial charge in [0.2, 0.25) is 15.9 Å². The van der Waals surface area contributed by atoms with Crippen molar-refractivity contribution in [2.75, 3.05) is 20.6 Å². The van der Waals surface area contributed by atoms with E-state index in [2.05, 4.69) is 10.1 Å². The van der Waals surface area contributed by atoms with Gasteiger partial charge in [-0.25, -0.2) is 17.7 Å². The average Bonchev–Trinajstić information content (AvgIpc) is 3.18. The van der Waals surface area contributed by atoms with E-state index in [9.17, 15) is 13.2 Å². The highest BCUT2D eigenvalue weighted by atomic mass is 32.2. The summed E-state index contributed by atoms with van der Waals surface area (Å²) in [7, 11) is -0.591. The van der Waals surface area contributed by atoms with Crippen LogP contribution in [0.5, 0.6) is 0 Å². The van der Waals surface area contributed by atoms with Crippen molar-refractivity contribution in [1.82, 2.24) is 14.4 Å². The zero-order chi connectivity index (χ0) is 21.3. The number of nitrogens with zero attached hydrogens (tertiary/aromatic N) is 4. The largest absolute Gasteiger partial charge is 0.361 e.